The zero-order chi connectivity index (χ0) is 17.0. The van der Waals surface area contributed by atoms with Gasteiger partial charge in [-0.05, 0) is 30.5 Å². The average Bonchev–Trinajstić information content (AvgIpc) is 3.01. The van der Waals surface area contributed by atoms with E-state index in [-0.39, 0.29) is 17.9 Å². The molecule has 6 heteroatoms. The zero-order valence-electron chi connectivity index (χ0n) is 12.3. The molecule has 124 valence electrons. The number of nitrogens with one attached hydrogen (secondary N) is 1. The van der Waals surface area contributed by atoms with E-state index in [1.807, 2.05) is 18.2 Å². The molecule has 24 heavy (non-hydrogen) atoms. The van der Waals surface area contributed by atoms with Gasteiger partial charge in [0.1, 0.15) is 0 Å². The van der Waals surface area contributed by atoms with E-state index in [9.17, 15) is 0 Å². The molecule has 3 unspecified atom stereocenters. The van der Waals surface area contributed by atoms with Crippen molar-refractivity contribution in [2.45, 2.75) is 18.4 Å². The largest absolute Gasteiger partial charge is 0.376 e. The van der Waals surface area contributed by atoms with Gasteiger partial charge in [-0.25, -0.2) is 0 Å². The molecule has 0 fully saturated rings. The van der Waals surface area contributed by atoms with Crippen molar-refractivity contribution >= 4 is 63.7 Å². The Kier molecular flexibility index (Phi) is 4.43. The molecule has 0 amide bonds. The number of rotatable bonds is 1. The fraction of sp³-hybridized carbons (Fsp3) is 0.222. The Hall–Kier alpha value is -0.570. The highest BCUT2D eigenvalue weighted by Gasteiger charge is 2.41. The summed E-state index contributed by atoms with van der Waals surface area (Å²) < 4.78 is 0. The summed E-state index contributed by atoms with van der Waals surface area (Å²) in [5.74, 6) is 0.379. The van der Waals surface area contributed by atoms with Crippen LogP contribution in [0.5, 0.6) is 0 Å². The molecule has 3 atom stereocenters. The molecule has 0 saturated heterocycles. The molecule has 2 aromatic rings. The van der Waals surface area contributed by atoms with Crippen molar-refractivity contribution in [2.75, 3.05) is 5.32 Å². The number of fused-ring (bicyclic) bond motifs is 3. The fourth-order valence-electron chi connectivity index (χ4n) is 3.76. The van der Waals surface area contributed by atoms with Crippen LogP contribution in [0.1, 0.15) is 29.5 Å². The topological polar surface area (TPSA) is 12.0 Å². The zero-order valence-corrected chi connectivity index (χ0v) is 16.1. The highest BCUT2D eigenvalue weighted by atomic mass is 35.5. The molecule has 2 aromatic carbocycles. The van der Waals surface area contributed by atoms with E-state index >= 15 is 0 Å². The quantitative estimate of drug-likeness (QED) is 0.367. The summed E-state index contributed by atoms with van der Waals surface area (Å²) in [5, 5.41) is 6.37. The first-order chi connectivity index (χ1) is 11.5. The van der Waals surface area contributed by atoms with Crippen LogP contribution in [0.4, 0.5) is 5.69 Å². The predicted octanol–water partition coefficient (Wildman–Crippen LogP) is 7.78. The second-order valence-corrected chi connectivity index (χ2v) is 8.06. The Morgan fingerprint density at radius 1 is 0.875 bits per heavy atom. The monoisotopic (exact) mass is 417 g/mol. The summed E-state index contributed by atoms with van der Waals surface area (Å²) >= 11 is 32.1. The molecule has 2 aliphatic rings. The van der Waals surface area contributed by atoms with Crippen molar-refractivity contribution in [1.82, 2.24) is 0 Å². The highest BCUT2D eigenvalue weighted by Crippen LogP contribution is 2.56. The summed E-state index contributed by atoms with van der Waals surface area (Å²) in [6.45, 7) is 0. The number of halogens is 5. The lowest BCUT2D eigenvalue weighted by atomic mass is 9.77. The lowest BCUT2D eigenvalue weighted by Crippen LogP contribution is -2.30. The molecule has 1 heterocycles. The lowest BCUT2D eigenvalue weighted by molar-refractivity contribution is 0.426. The second-order valence-electron chi connectivity index (χ2n) is 6.05. The van der Waals surface area contributed by atoms with E-state index in [4.69, 9.17) is 58.0 Å². The van der Waals surface area contributed by atoms with Crippen LogP contribution in [-0.2, 0) is 0 Å². The summed E-state index contributed by atoms with van der Waals surface area (Å²) in [6.07, 6.45) is 5.24. The Morgan fingerprint density at radius 2 is 1.58 bits per heavy atom. The van der Waals surface area contributed by atoms with Crippen LogP contribution < -0.4 is 5.32 Å². The smallest absolute Gasteiger partial charge is 0.0656 e. The van der Waals surface area contributed by atoms with E-state index in [1.165, 1.54) is 0 Å². The molecule has 0 radical (unpaired) electrons. The van der Waals surface area contributed by atoms with Gasteiger partial charge in [-0.3, -0.25) is 0 Å². The molecule has 0 bridgehead atoms. The fourth-order valence-corrected chi connectivity index (χ4v) is 5.20. The first-order valence-corrected chi connectivity index (χ1v) is 9.42. The minimum absolute atomic E-state index is 0.0477. The van der Waals surface area contributed by atoms with Gasteiger partial charge in [-0.1, -0.05) is 76.2 Å². The van der Waals surface area contributed by atoms with Crippen molar-refractivity contribution < 1.29 is 0 Å². The number of hydrogen-bond acceptors (Lipinski definition) is 1. The first kappa shape index (κ1) is 16.9. The van der Waals surface area contributed by atoms with Crippen molar-refractivity contribution in [2.24, 2.45) is 5.92 Å². The van der Waals surface area contributed by atoms with Crippen LogP contribution in [0.2, 0.25) is 25.1 Å². The molecule has 1 aliphatic carbocycles. The maximum Gasteiger partial charge on any atom is 0.0656 e. The van der Waals surface area contributed by atoms with Crippen LogP contribution in [0.25, 0.3) is 0 Å². The summed E-state index contributed by atoms with van der Waals surface area (Å²) in [5.41, 5.74) is 2.65. The Balaban J connectivity index is 1.92. The van der Waals surface area contributed by atoms with Crippen LogP contribution in [0, 0.1) is 5.92 Å². The van der Waals surface area contributed by atoms with Gasteiger partial charge in [-0.15, -0.1) is 0 Å². The predicted molar refractivity (Wildman–Crippen MR) is 104 cm³/mol. The Morgan fingerprint density at radius 3 is 2.29 bits per heavy atom. The second kappa shape index (κ2) is 6.30. The maximum atomic E-state index is 6.49. The van der Waals surface area contributed by atoms with E-state index < -0.39 is 0 Å². The maximum absolute atomic E-state index is 6.49. The third-order valence-electron chi connectivity index (χ3n) is 4.79. The number of allylic oxidation sites excluding steroid dienone is 2. The van der Waals surface area contributed by atoms with Gasteiger partial charge in [0, 0.05) is 27.1 Å². The molecule has 0 spiro atoms. The van der Waals surface area contributed by atoms with Crippen molar-refractivity contribution in [3.05, 3.63) is 72.7 Å². The van der Waals surface area contributed by atoms with Crippen LogP contribution in [0.15, 0.2) is 36.4 Å². The summed E-state index contributed by atoms with van der Waals surface area (Å²) in [7, 11) is 0. The van der Waals surface area contributed by atoms with Crippen molar-refractivity contribution in [3.63, 3.8) is 0 Å². The lowest BCUT2D eigenvalue weighted by Gasteiger charge is -2.39. The summed E-state index contributed by atoms with van der Waals surface area (Å²) in [6, 6.07) is 7.18. The van der Waals surface area contributed by atoms with Gasteiger partial charge in [0.25, 0.3) is 0 Å². The molecular formula is C18H12Cl5N. The molecule has 0 saturated carbocycles. The molecule has 1 N–H and O–H groups in total. The third kappa shape index (κ3) is 2.53. The van der Waals surface area contributed by atoms with Gasteiger partial charge in [0.05, 0.1) is 26.8 Å². The molecule has 4 rings (SSSR count). The Labute approximate surface area is 165 Å². The average molecular weight is 420 g/mol. The van der Waals surface area contributed by atoms with Gasteiger partial charge in [0.2, 0.25) is 0 Å². The van der Waals surface area contributed by atoms with Crippen molar-refractivity contribution in [1.29, 1.82) is 0 Å². The SMILES string of the molecule is Clc1cc(Cl)c2c(c1Cl)C1C=CCC1C(c1c(Cl)cccc1Cl)N2. The highest BCUT2D eigenvalue weighted by molar-refractivity contribution is 6.45. The Bertz CT molecular complexity index is 841. The van der Waals surface area contributed by atoms with Gasteiger partial charge >= 0.3 is 0 Å². The minimum Gasteiger partial charge on any atom is -0.376 e. The van der Waals surface area contributed by atoms with Gasteiger partial charge in [-0.2, -0.15) is 0 Å². The molecule has 1 nitrogen and oxygen atoms in total. The van der Waals surface area contributed by atoms with E-state index in [2.05, 4.69) is 17.5 Å². The van der Waals surface area contributed by atoms with Crippen LogP contribution >= 0.6 is 58.0 Å². The van der Waals surface area contributed by atoms with E-state index in [0.717, 1.165) is 23.2 Å². The van der Waals surface area contributed by atoms with E-state index in [0.29, 0.717) is 25.1 Å². The molecular weight excluding hydrogens is 407 g/mol. The van der Waals surface area contributed by atoms with Crippen LogP contribution in [-0.4, -0.2) is 0 Å². The number of hydrogen-bond donors (Lipinski definition) is 1. The van der Waals surface area contributed by atoms with Crippen LogP contribution in [0.3, 0.4) is 0 Å². The van der Waals surface area contributed by atoms with Crippen molar-refractivity contribution in [3.8, 4) is 0 Å². The molecule has 0 aromatic heterocycles. The normalized spacial score (nSPS) is 24.5. The number of anilines is 1. The molecule has 1 aliphatic heterocycles. The van der Waals surface area contributed by atoms with Gasteiger partial charge in [0.15, 0.2) is 0 Å². The summed E-state index contributed by atoms with van der Waals surface area (Å²) in [4.78, 5) is 0. The number of benzene rings is 2. The van der Waals surface area contributed by atoms with E-state index in [1.54, 1.807) is 6.07 Å². The third-order valence-corrected chi connectivity index (χ3v) is 6.55. The minimum atomic E-state index is -0.0477. The van der Waals surface area contributed by atoms with Gasteiger partial charge < -0.3 is 5.32 Å². The standard InChI is InChI=1S/C18H12Cl5N/c19-10-5-2-6-11(20)15(10)17-9-4-1-3-8(9)14-16(23)12(21)7-13(22)18(14)24-17/h1-3,5-9,17,24H,4H2. The first-order valence-electron chi connectivity index (χ1n) is 7.53.